The maximum atomic E-state index is 14.5. The lowest BCUT2D eigenvalue weighted by atomic mass is 9.99. The lowest BCUT2D eigenvalue weighted by Crippen LogP contribution is -2.51. The van der Waals surface area contributed by atoms with E-state index in [1.807, 2.05) is 25.3 Å². The molecule has 2 aliphatic rings. The van der Waals surface area contributed by atoms with Crippen LogP contribution in [0.2, 0.25) is 0 Å². The molecule has 132 valence electrons. The van der Waals surface area contributed by atoms with E-state index >= 15 is 0 Å². The molecule has 1 atom stereocenters. The van der Waals surface area contributed by atoms with E-state index in [1.165, 1.54) is 5.69 Å². The van der Waals surface area contributed by atoms with Crippen LogP contribution in [-0.2, 0) is 0 Å². The number of aliphatic hydroxyl groups excluding tert-OH is 1. The van der Waals surface area contributed by atoms with Gasteiger partial charge in [-0.1, -0.05) is 12.2 Å². The second-order valence-electron chi connectivity index (χ2n) is 6.74. The Balaban J connectivity index is 1.45. The Morgan fingerprint density at radius 1 is 1.20 bits per heavy atom. The number of aliphatic hydroxyl groups is 1. The minimum atomic E-state index is -0.233. The van der Waals surface area contributed by atoms with Crippen molar-refractivity contribution in [3.05, 3.63) is 53.8 Å². The van der Waals surface area contributed by atoms with Crippen LogP contribution >= 0.6 is 0 Å². The second-order valence-corrected chi connectivity index (χ2v) is 6.74. The zero-order chi connectivity index (χ0) is 17.4. The molecule has 0 radical (unpaired) electrons. The highest BCUT2D eigenvalue weighted by Gasteiger charge is 2.29. The number of aryl methyl sites for hydroxylation is 1. The fraction of sp³-hybridized carbons (Fsp3) is 0.421. The maximum absolute atomic E-state index is 14.5. The number of halogens is 1. The third-order valence-corrected chi connectivity index (χ3v) is 5.12. The highest BCUT2D eigenvalue weighted by molar-refractivity contribution is 5.52. The van der Waals surface area contributed by atoms with Crippen molar-refractivity contribution in [2.24, 2.45) is 0 Å². The van der Waals surface area contributed by atoms with E-state index in [2.05, 4.69) is 31.4 Å². The van der Waals surface area contributed by atoms with Crippen LogP contribution in [-0.4, -0.2) is 58.2 Å². The fourth-order valence-corrected chi connectivity index (χ4v) is 3.76. The molecule has 0 aromatic carbocycles. The summed E-state index contributed by atoms with van der Waals surface area (Å²) in [6.45, 7) is 5.11. The van der Waals surface area contributed by atoms with Gasteiger partial charge in [0.05, 0.1) is 24.0 Å². The molecule has 1 N–H and O–H groups in total. The molecule has 5 nitrogen and oxygen atoms in total. The predicted molar refractivity (Wildman–Crippen MR) is 96.5 cm³/mol. The number of anilines is 1. The molecule has 1 unspecified atom stereocenters. The van der Waals surface area contributed by atoms with Gasteiger partial charge in [-0.3, -0.25) is 4.90 Å². The van der Waals surface area contributed by atoms with E-state index < -0.39 is 0 Å². The Morgan fingerprint density at radius 3 is 2.76 bits per heavy atom. The van der Waals surface area contributed by atoms with Gasteiger partial charge in [-0.2, -0.15) is 0 Å². The summed E-state index contributed by atoms with van der Waals surface area (Å²) in [4.78, 5) is 8.98. The molecule has 4 rings (SSSR count). The van der Waals surface area contributed by atoms with Crippen LogP contribution in [0.5, 0.6) is 0 Å². The zero-order valence-electron chi connectivity index (χ0n) is 14.4. The minimum absolute atomic E-state index is 0.172. The Labute approximate surface area is 146 Å². The summed E-state index contributed by atoms with van der Waals surface area (Å²) in [5.74, 6) is -0.172. The first-order valence-corrected chi connectivity index (χ1v) is 8.76. The number of nitrogens with zero attached hydrogens (tertiary/aromatic N) is 4. The molecule has 1 saturated heterocycles. The molecular formula is C19H23FN4O. The minimum Gasteiger partial charge on any atom is -0.392 e. The van der Waals surface area contributed by atoms with Gasteiger partial charge in [0.2, 0.25) is 0 Å². The van der Waals surface area contributed by atoms with Gasteiger partial charge in [0.1, 0.15) is 11.5 Å². The number of hydrogen-bond acceptors (Lipinski definition) is 4. The molecule has 0 amide bonds. The first-order chi connectivity index (χ1) is 12.2. The molecule has 1 aliphatic heterocycles. The topological polar surface area (TPSA) is 44.0 Å². The van der Waals surface area contributed by atoms with Crippen molar-refractivity contribution in [2.45, 2.75) is 19.4 Å². The number of imidazole rings is 1. The third kappa shape index (κ3) is 3.07. The van der Waals surface area contributed by atoms with Crippen molar-refractivity contribution in [3.8, 4) is 0 Å². The molecular weight excluding hydrogens is 319 g/mol. The number of rotatable bonds is 3. The fourth-order valence-electron chi connectivity index (χ4n) is 3.76. The first-order valence-electron chi connectivity index (χ1n) is 8.76. The summed E-state index contributed by atoms with van der Waals surface area (Å²) in [7, 11) is 0. The van der Waals surface area contributed by atoms with Gasteiger partial charge in [0.15, 0.2) is 0 Å². The van der Waals surface area contributed by atoms with E-state index in [1.54, 1.807) is 6.08 Å². The van der Waals surface area contributed by atoms with Gasteiger partial charge in [-0.25, -0.2) is 9.37 Å². The highest BCUT2D eigenvalue weighted by atomic mass is 19.1. The zero-order valence-corrected chi connectivity index (χ0v) is 14.4. The molecule has 1 aliphatic carbocycles. The summed E-state index contributed by atoms with van der Waals surface area (Å²) in [5.41, 5.74) is 3.55. The maximum Gasteiger partial charge on any atom is 0.137 e. The van der Waals surface area contributed by atoms with Crippen LogP contribution in [0.4, 0.5) is 10.1 Å². The smallest absolute Gasteiger partial charge is 0.137 e. The van der Waals surface area contributed by atoms with E-state index in [0.29, 0.717) is 12.0 Å². The van der Waals surface area contributed by atoms with E-state index in [4.69, 9.17) is 0 Å². The standard InChI is InChI=1S/C19H23FN4O/c1-14-11-24-12-16(5-6-18(24)21-14)22-7-9-23(10-8-22)17-4-2-3-15(13-25)19(17)20/h2-3,5-6,11-12,17,25H,4,7-10,13H2,1H3. The molecule has 0 saturated carbocycles. The van der Waals surface area contributed by atoms with E-state index in [0.717, 1.165) is 37.5 Å². The molecule has 1 fully saturated rings. The number of fused-ring (bicyclic) bond motifs is 1. The Morgan fingerprint density at radius 2 is 2.00 bits per heavy atom. The van der Waals surface area contributed by atoms with Crippen molar-refractivity contribution in [1.29, 1.82) is 0 Å². The normalized spacial score (nSPS) is 22.2. The second kappa shape index (κ2) is 6.61. The average molecular weight is 342 g/mol. The van der Waals surface area contributed by atoms with Gasteiger partial charge in [0.25, 0.3) is 0 Å². The summed E-state index contributed by atoms with van der Waals surface area (Å²) in [6, 6.07) is 3.91. The summed E-state index contributed by atoms with van der Waals surface area (Å²) in [6.07, 6.45) is 8.47. The summed E-state index contributed by atoms with van der Waals surface area (Å²) >= 11 is 0. The number of aromatic nitrogens is 2. The van der Waals surface area contributed by atoms with Gasteiger partial charge >= 0.3 is 0 Å². The molecule has 2 aromatic rings. The monoisotopic (exact) mass is 342 g/mol. The Bertz CT molecular complexity index is 833. The molecule has 2 aromatic heterocycles. The van der Waals surface area contributed by atoms with Gasteiger partial charge < -0.3 is 14.4 Å². The summed E-state index contributed by atoms with van der Waals surface area (Å²) < 4.78 is 16.6. The van der Waals surface area contributed by atoms with Gasteiger partial charge in [-0.05, 0) is 25.5 Å². The SMILES string of the molecule is Cc1cn2cc(N3CCN(C4CC=CC(CO)=C4F)CC3)ccc2n1. The molecule has 25 heavy (non-hydrogen) atoms. The van der Waals surface area contributed by atoms with Crippen molar-refractivity contribution >= 4 is 11.3 Å². The molecule has 0 bridgehead atoms. The van der Waals surface area contributed by atoms with E-state index in [-0.39, 0.29) is 18.5 Å². The largest absolute Gasteiger partial charge is 0.392 e. The van der Waals surface area contributed by atoms with Crippen molar-refractivity contribution in [3.63, 3.8) is 0 Å². The quantitative estimate of drug-likeness (QED) is 0.930. The Hall–Kier alpha value is -2.18. The number of pyridine rings is 1. The van der Waals surface area contributed by atoms with Crippen LogP contribution < -0.4 is 4.90 Å². The van der Waals surface area contributed by atoms with Crippen LogP contribution in [0.3, 0.4) is 0 Å². The Kier molecular flexibility index (Phi) is 4.31. The van der Waals surface area contributed by atoms with E-state index in [9.17, 15) is 9.50 Å². The van der Waals surface area contributed by atoms with Crippen molar-refractivity contribution < 1.29 is 9.50 Å². The predicted octanol–water partition coefficient (Wildman–Crippen LogP) is 2.31. The lowest BCUT2D eigenvalue weighted by molar-refractivity contribution is 0.184. The van der Waals surface area contributed by atoms with Crippen LogP contribution in [0, 0.1) is 6.92 Å². The van der Waals surface area contributed by atoms with Crippen molar-refractivity contribution in [2.75, 3.05) is 37.7 Å². The molecule has 6 heteroatoms. The van der Waals surface area contributed by atoms with Gasteiger partial charge in [-0.15, -0.1) is 0 Å². The van der Waals surface area contributed by atoms with Crippen LogP contribution in [0.15, 0.2) is 48.1 Å². The van der Waals surface area contributed by atoms with Crippen LogP contribution in [0.1, 0.15) is 12.1 Å². The van der Waals surface area contributed by atoms with Crippen molar-refractivity contribution in [1.82, 2.24) is 14.3 Å². The number of piperazine rings is 1. The summed E-state index contributed by atoms with van der Waals surface area (Å²) in [5, 5.41) is 9.27. The van der Waals surface area contributed by atoms with Gasteiger partial charge in [0, 0.05) is 44.1 Å². The number of hydrogen-bond donors (Lipinski definition) is 1. The average Bonchev–Trinajstić information content (AvgIpc) is 3.01. The molecule has 0 spiro atoms. The molecule has 3 heterocycles. The first kappa shape index (κ1) is 16.3. The third-order valence-electron chi connectivity index (χ3n) is 5.12. The lowest BCUT2D eigenvalue weighted by Gasteiger charge is -2.40. The highest BCUT2D eigenvalue weighted by Crippen LogP contribution is 2.27. The van der Waals surface area contributed by atoms with Crippen LogP contribution in [0.25, 0.3) is 5.65 Å².